The Bertz CT molecular complexity index is 2770. The summed E-state index contributed by atoms with van der Waals surface area (Å²) >= 11 is 0. The monoisotopic (exact) mass is 920 g/mol. The third-order valence-corrected chi connectivity index (χ3v) is 14.7. The van der Waals surface area contributed by atoms with Gasteiger partial charge in [-0.25, -0.2) is 0 Å². The lowest BCUT2D eigenvalue weighted by Gasteiger charge is -2.36. The lowest BCUT2D eigenvalue weighted by molar-refractivity contribution is -0.438. The summed E-state index contributed by atoms with van der Waals surface area (Å²) in [4.78, 5) is 52.2. The summed E-state index contributed by atoms with van der Waals surface area (Å²) in [6.07, 6.45) is 12.2. The fraction of sp³-hybridized carbons (Fsp3) is 0.431. The van der Waals surface area contributed by atoms with Gasteiger partial charge in [0.1, 0.15) is 18.0 Å². The van der Waals surface area contributed by atoms with Crippen molar-refractivity contribution < 1.29 is 46.6 Å². The molecule has 3 aromatic carbocycles. The predicted molar refractivity (Wildman–Crippen MR) is 253 cm³/mol. The summed E-state index contributed by atoms with van der Waals surface area (Å²) in [7, 11) is -4.46. The Morgan fingerprint density at radius 3 is 2.29 bits per heavy atom. The van der Waals surface area contributed by atoms with Crippen molar-refractivity contribution in [2.75, 3.05) is 24.5 Å². The lowest BCUT2D eigenvalue weighted by Crippen LogP contribution is -2.51. The number of anilines is 1. The highest BCUT2D eigenvalue weighted by molar-refractivity contribution is 7.85. The number of hydrogen-bond donors (Lipinski definition) is 4. The summed E-state index contributed by atoms with van der Waals surface area (Å²) in [5.74, 6) is -0.821. The molecule has 1 atom stereocenters. The van der Waals surface area contributed by atoms with Crippen LogP contribution in [0.4, 0.5) is 11.4 Å². The molecule has 14 nitrogen and oxygen atoms in total. The van der Waals surface area contributed by atoms with Gasteiger partial charge in [0.25, 0.3) is 27.8 Å². The maximum Gasteiger partial charge on any atom is 0.294 e. The number of imide groups is 1. The fourth-order valence-electron chi connectivity index (χ4n) is 9.77. The van der Waals surface area contributed by atoms with Crippen molar-refractivity contribution >= 4 is 50.8 Å². The van der Waals surface area contributed by atoms with Crippen LogP contribution in [-0.2, 0) is 46.5 Å². The maximum atomic E-state index is 13.8. The van der Waals surface area contributed by atoms with Crippen molar-refractivity contribution in [2.45, 2.75) is 129 Å². The summed E-state index contributed by atoms with van der Waals surface area (Å²) in [5, 5.41) is 14.5. The minimum atomic E-state index is -4.46. The van der Waals surface area contributed by atoms with Gasteiger partial charge in [-0.3, -0.25) is 29.2 Å². The number of hydrazine groups is 1. The molecule has 7 rings (SSSR count). The Morgan fingerprint density at radius 1 is 0.879 bits per heavy atom. The van der Waals surface area contributed by atoms with Crippen LogP contribution in [0.2, 0.25) is 0 Å². The molecular weight excluding hydrogens is 859 g/mol. The molecule has 0 saturated heterocycles. The molecule has 0 aliphatic carbocycles. The standard InChI is InChI=1S/C51H61N5O9S/c1-31-18-20-39-37(29-31)49(5,6)41(55(39)28-14-26-52-48(61)51(9)25-24-36-34(4)46(60)32(2)33(3)47(36)65-51)15-13-16-42-50(7,8)38-30-35(66(62,63)64)19-21-40(38)54(42)27-12-10-11-17-43(57)53-56-44(58)22-23-45(56)59/h13,15-16,18-23,29-30H,10-12,14,17,24-28H2,1-9H3,(H3-,52,53,57,60,61,62,63,64)/p+1. The van der Waals surface area contributed by atoms with E-state index in [1.54, 1.807) is 6.07 Å². The number of amides is 4. The molecular formula is C51H62N5O9S+. The molecule has 4 N–H and O–H groups in total. The summed E-state index contributed by atoms with van der Waals surface area (Å²) in [5.41, 5.74) is 10.7. The van der Waals surface area contributed by atoms with Crippen LogP contribution >= 0.6 is 0 Å². The maximum absolute atomic E-state index is 13.8. The van der Waals surface area contributed by atoms with Gasteiger partial charge in [-0.05, 0) is 121 Å². The van der Waals surface area contributed by atoms with Gasteiger partial charge in [0, 0.05) is 84.6 Å². The molecule has 350 valence electrons. The molecule has 4 amide bonds. The van der Waals surface area contributed by atoms with Crippen LogP contribution in [0.15, 0.2) is 77.4 Å². The number of phenols is 1. The van der Waals surface area contributed by atoms with E-state index in [1.165, 1.54) is 17.7 Å². The van der Waals surface area contributed by atoms with Crippen LogP contribution < -0.4 is 20.4 Å². The number of rotatable bonds is 15. The van der Waals surface area contributed by atoms with Crippen molar-refractivity contribution in [1.82, 2.24) is 15.8 Å². The van der Waals surface area contributed by atoms with Crippen LogP contribution in [0.1, 0.15) is 112 Å². The van der Waals surface area contributed by atoms with Crippen molar-refractivity contribution in [3.63, 3.8) is 0 Å². The highest BCUT2D eigenvalue weighted by Gasteiger charge is 2.46. The molecule has 15 heteroatoms. The zero-order chi connectivity index (χ0) is 48.1. The number of ether oxygens (including phenoxy) is 1. The number of aryl methyl sites for hydroxylation is 1. The third kappa shape index (κ3) is 8.94. The Kier molecular flexibility index (Phi) is 13.0. The van der Waals surface area contributed by atoms with E-state index in [0.717, 1.165) is 68.3 Å². The number of fused-ring (bicyclic) bond motifs is 3. The van der Waals surface area contributed by atoms with Gasteiger partial charge in [-0.1, -0.05) is 37.6 Å². The van der Waals surface area contributed by atoms with E-state index in [4.69, 9.17) is 4.74 Å². The molecule has 0 bridgehead atoms. The van der Waals surface area contributed by atoms with Crippen LogP contribution in [0.5, 0.6) is 11.5 Å². The number of hydrogen-bond acceptors (Lipinski definition) is 9. The van der Waals surface area contributed by atoms with Crippen LogP contribution in [-0.4, -0.2) is 82.2 Å². The largest absolute Gasteiger partial charge is 0.507 e. The predicted octanol–water partition coefficient (Wildman–Crippen LogP) is 7.29. The first-order valence-electron chi connectivity index (χ1n) is 22.7. The number of nitrogens with zero attached hydrogens (tertiary/aromatic N) is 3. The van der Waals surface area contributed by atoms with Crippen LogP contribution in [0.3, 0.4) is 0 Å². The minimum Gasteiger partial charge on any atom is -0.507 e. The smallest absolute Gasteiger partial charge is 0.294 e. The van der Waals surface area contributed by atoms with E-state index in [1.807, 2.05) is 47.6 Å². The second-order valence-electron chi connectivity index (χ2n) is 19.2. The van der Waals surface area contributed by atoms with Gasteiger partial charge in [-0.15, -0.1) is 0 Å². The highest BCUT2D eigenvalue weighted by Crippen LogP contribution is 2.49. The zero-order valence-electron chi connectivity index (χ0n) is 39.4. The number of unbranched alkanes of at least 4 members (excludes halogenated alkanes) is 2. The normalized spacial score (nSPS) is 20.0. The fourth-order valence-corrected chi connectivity index (χ4v) is 10.3. The lowest BCUT2D eigenvalue weighted by atomic mass is 9.81. The average Bonchev–Trinajstić information content (AvgIpc) is 3.77. The van der Waals surface area contributed by atoms with E-state index >= 15 is 0 Å². The van der Waals surface area contributed by atoms with E-state index in [-0.39, 0.29) is 28.4 Å². The van der Waals surface area contributed by atoms with E-state index in [0.29, 0.717) is 68.9 Å². The van der Waals surface area contributed by atoms with Gasteiger partial charge < -0.3 is 20.1 Å². The summed E-state index contributed by atoms with van der Waals surface area (Å²) < 4.78 is 43.1. The second kappa shape index (κ2) is 18.0. The topological polar surface area (TPSA) is 186 Å². The first-order valence-corrected chi connectivity index (χ1v) is 24.1. The SMILES string of the molecule is Cc1ccc2c(c1)C(C)(C)C(=CC=CC1=[N+](CCCCCC(=O)NN3C(=O)C=CC3=O)c3ccc(S(=O)(=O)O)cc3C1(C)C)N2CCCNC(=O)C1(C)CCc2c(C)c(O)c(C)c(C)c2O1. The number of phenolic OH excluding ortho intramolecular Hbond substituents is 1. The van der Waals surface area contributed by atoms with E-state index in [9.17, 15) is 37.3 Å². The van der Waals surface area contributed by atoms with Crippen molar-refractivity contribution in [3.05, 3.63) is 111 Å². The molecule has 66 heavy (non-hydrogen) atoms. The number of benzene rings is 3. The Morgan fingerprint density at radius 2 is 1.59 bits per heavy atom. The van der Waals surface area contributed by atoms with E-state index in [2.05, 4.69) is 71.3 Å². The Hall–Kier alpha value is -6.06. The van der Waals surface area contributed by atoms with Gasteiger partial charge in [0.05, 0.1) is 10.3 Å². The zero-order valence-corrected chi connectivity index (χ0v) is 40.2. The van der Waals surface area contributed by atoms with Gasteiger partial charge in [0.15, 0.2) is 11.3 Å². The number of allylic oxidation sites excluding steroid dienone is 4. The average molecular weight is 921 g/mol. The highest BCUT2D eigenvalue weighted by atomic mass is 32.2. The first-order chi connectivity index (χ1) is 31.0. The molecule has 0 saturated carbocycles. The molecule has 3 aromatic rings. The quantitative estimate of drug-likeness (QED) is 0.0522. The minimum absolute atomic E-state index is 0.121. The Balaban J connectivity index is 1.09. The van der Waals surface area contributed by atoms with Crippen molar-refractivity contribution in [1.29, 1.82) is 0 Å². The van der Waals surface area contributed by atoms with Crippen molar-refractivity contribution in [3.8, 4) is 11.5 Å². The number of carbonyl (C=O) groups is 4. The number of aromatic hydroxyl groups is 1. The Labute approximate surface area is 387 Å². The first kappa shape index (κ1) is 47.9. The third-order valence-electron chi connectivity index (χ3n) is 13.9. The van der Waals surface area contributed by atoms with E-state index < -0.39 is 38.9 Å². The summed E-state index contributed by atoms with van der Waals surface area (Å²) in [6, 6.07) is 11.2. The molecule has 0 fully saturated rings. The van der Waals surface area contributed by atoms with Crippen LogP contribution in [0, 0.1) is 27.7 Å². The van der Waals surface area contributed by atoms with Gasteiger partial charge >= 0.3 is 0 Å². The number of carbonyl (C=O) groups excluding carboxylic acids is 4. The van der Waals surface area contributed by atoms with Gasteiger partial charge in [-0.2, -0.15) is 18.0 Å². The molecule has 4 aliphatic rings. The number of nitrogens with one attached hydrogen (secondary N) is 2. The second-order valence-corrected chi connectivity index (χ2v) is 20.6. The molecule has 1 unspecified atom stereocenters. The molecule has 0 aromatic heterocycles. The molecule has 4 aliphatic heterocycles. The molecule has 0 radical (unpaired) electrons. The summed E-state index contributed by atoms with van der Waals surface area (Å²) in [6.45, 7) is 19.7. The van der Waals surface area contributed by atoms with Gasteiger partial charge in [0.2, 0.25) is 11.6 Å². The van der Waals surface area contributed by atoms with Crippen LogP contribution in [0.25, 0.3) is 0 Å². The molecule has 4 heterocycles. The van der Waals surface area contributed by atoms with Crippen molar-refractivity contribution in [2.24, 2.45) is 0 Å². The molecule has 0 spiro atoms.